The van der Waals surface area contributed by atoms with Crippen LogP contribution in [-0.4, -0.2) is 49.5 Å². The zero-order valence-corrected chi connectivity index (χ0v) is 12.4. The third kappa shape index (κ3) is 3.35. The minimum absolute atomic E-state index is 0.0342. The highest BCUT2D eigenvalue weighted by molar-refractivity contribution is 7.99. The average Bonchev–Trinajstić information content (AvgIpc) is 2.66. The third-order valence-electron chi connectivity index (χ3n) is 3.22. The minimum atomic E-state index is 0.0342. The monoisotopic (exact) mass is 279 g/mol. The number of amides is 1. The third-order valence-corrected chi connectivity index (χ3v) is 4.27. The molecular weight excluding hydrogens is 258 g/mol. The predicted molar refractivity (Wildman–Crippen MR) is 83.0 cm³/mol. The second kappa shape index (κ2) is 6.19. The van der Waals surface area contributed by atoms with Crippen LogP contribution in [0.1, 0.15) is 16.8 Å². The summed E-state index contributed by atoms with van der Waals surface area (Å²) < 4.78 is 0. The molecule has 1 aromatic carbocycles. The van der Waals surface area contributed by atoms with Gasteiger partial charge in [0.2, 0.25) is 0 Å². The topological polar surface area (TPSA) is 49.6 Å². The molecule has 1 amide bonds. The van der Waals surface area contributed by atoms with E-state index >= 15 is 0 Å². The molecule has 1 aliphatic rings. The number of anilines is 2. The number of carbonyl (C=O) groups is 1. The largest absolute Gasteiger partial charge is 0.399 e. The maximum absolute atomic E-state index is 12.3. The lowest BCUT2D eigenvalue weighted by Crippen LogP contribution is -2.30. The summed E-state index contributed by atoms with van der Waals surface area (Å²) in [4.78, 5) is 16.2. The average molecular weight is 279 g/mol. The van der Waals surface area contributed by atoms with Crippen molar-refractivity contribution in [2.24, 2.45) is 0 Å². The number of thioether (sulfide) groups is 1. The van der Waals surface area contributed by atoms with Gasteiger partial charge in [-0.2, -0.15) is 11.8 Å². The molecule has 2 rings (SSSR count). The quantitative estimate of drug-likeness (QED) is 0.840. The van der Waals surface area contributed by atoms with Crippen molar-refractivity contribution in [2.75, 3.05) is 49.3 Å². The van der Waals surface area contributed by atoms with Gasteiger partial charge in [-0.25, -0.2) is 0 Å². The Hall–Kier alpha value is -1.36. The van der Waals surface area contributed by atoms with Crippen molar-refractivity contribution in [3.8, 4) is 0 Å². The second-order valence-electron chi connectivity index (χ2n) is 4.93. The Morgan fingerprint density at radius 2 is 2.11 bits per heavy atom. The van der Waals surface area contributed by atoms with Crippen molar-refractivity contribution in [1.82, 2.24) is 4.90 Å². The lowest BCUT2D eigenvalue weighted by Gasteiger charge is -2.26. The van der Waals surface area contributed by atoms with E-state index in [4.69, 9.17) is 5.73 Å². The van der Waals surface area contributed by atoms with Crippen LogP contribution in [0.15, 0.2) is 18.2 Å². The molecule has 1 heterocycles. The molecule has 0 aliphatic carbocycles. The van der Waals surface area contributed by atoms with Gasteiger partial charge in [-0.15, -0.1) is 0 Å². The summed E-state index contributed by atoms with van der Waals surface area (Å²) in [6.07, 6.45) is 1.15. The van der Waals surface area contributed by atoms with Gasteiger partial charge in [0.25, 0.3) is 5.91 Å². The van der Waals surface area contributed by atoms with Gasteiger partial charge in [0.15, 0.2) is 0 Å². The number of hydrogen-bond donors (Lipinski definition) is 1. The van der Waals surface area contributed by atoms with Gasteiger partial charge in [-0.3, -0.25) is 4.79 Å². The first kappa shape index (κ1) is 14.1. The zero-order valence-electron chi connectivity index (χ0n) is 11.6. The molecule has 0 bridgehead atoms. The van der Waals surface area contributed by atoms with Gasteiger partial charge in [-0.1, -0.05) is 0 Å². The summed E-state index contributed by atoms with van der Waals surface area (Å²) in [5.41, 5.74) is 8.32. The van der Waals surface area contributed by atoms with Gasteiger partial charge < -0.3 is 15.5 Å². The van der Waals surface area contributed by atoms with Gasteiger partial charge in [0.05, 0.1) is 11.3 Å². The van der Waals surface area contributed by atoms with Gasteiger partial charge >= 0.3 is 0 Å². The fourth-order valence-electron chi connectivity index (χ4n) is 2.22. The normalized spacial score (nSPS) is 16.0. The van der Waals surface area contributed by atoms with E-state index < -0.39 is 0 Å². The molecule has 1 aromatic rings. The summed E-state index contributed by atoms with van der Waals surface area (Å²) in [5, 5.41) is 0. The Balaban J connectivity index is 2.35. The van der Waals surface area contributed by atoms with Crippen LogP contribution < -0.4 is 10.6 Å². The molecule has 2 N–H and O–H groups in total. The molecule has 0 spiro atoms. The number of rotatable bonds is 2. The molecule has 0 atom stereocenters. The van der Waals surface area contributed by atoms with Crippen LogP contribution >= 0.6 is 11.8 Å². The first-order valence-electron chi connectivity index (χ1n) is 6.53. The molecular formula is C14H21N3OS. The number of benzene rings is 1. The van der Waals surface area contributed by atoms with Crippen LogP contribution in [-0.2, 0) is 0 Å². The molecule has 104 valence electrons. The first-order chi connectivity index (χ1) is 9.09. The maximum Gasteiger partial charge on any atom is 0.255 e. The molecule has 19 heavy (non-hydrogen) atoms. The summed E-state index contributed by atoms with van der Waals surface area (Å²) in [5.74, 6) is 2.33. The van der Waals surface area contributed by atoms with Crippen molar-refractivity contribution in [1.29, 1.82) is 0 Å². The van der Waals surface area contributed by atoms with Crippen molar-refractivity contribution in [2.45, 2.75) is 6.42 Å². The van der Waals surface area contributed by atoms with Crippen LogP contribution in [0.3, 0.4) is 0 Å². The molecule has 1 saturated heterocycles. The van der Waals surface area contributed by atoms with Crippen LogP contribution in [0.25, 0.3) is 0 Å². The summed E-state index contributed by atoms with van der Waals surface area (Å²) >= 11 is 1.97. The fraction of sp³-hybridized carbons (Fsp3) is 0.500. The number of nitrogen functional groups attached to an aromatic ring is 1. The highest BCUT2D eigenvalue weighted by atomic mass is 32.2. The van der Waals surface area contributed by atoms with Crippen LogP contribution in [0.4, 0.5) is 11.4 Å². The molecule has 1 aliphatic heterocycles. The van der Waals surface area contributed by atoms with Crippen molar-refractivity contribution in [3.63, 3.8) is 0 Å². The van der Waals surface area contributed by atoms with E-state index in [0.29, 0.717) is 5.69 Å². The highest BCUT2D eigenvalue weighted by Crippen LogP contribution is 2.26. The Bertz CT molecular complexity index is 454. The minimum Gasteiger partial charge on any atom is -0.399 e. The molecule has 0 aromatic heterocycles. The van der Waals surface area contributed by atoms with E-state index in [1.165, 1.54) is 5.75 Å². The van der Waals surface area contributed by atoms with Crippen LogP contribution in [0, 0.1) is 0 Å². The van der Waals surface area contributed by atoms with Crippen molar-refractivity contribution >= 4 is 29.0 Å². The fourth-order valence-corrected chi connectivity index (χ4v) is 3.11. The molecule has 0 unspecified atom stereocenters. The van der Waals surface area contributed by atoms with Crippen molar-refractivity contribution < 1.29 is 4.79 Å². The van der Waals surface area contributed by atoms with E-state index in [1.54, 1.807) is 25.1 Å². The molecule has 0 saturated carbocycles. The van der Waals surface area contributed by atoms with E-state index in [9.17, 15) is 4.79 Å². The standard InChI is InChI=1S/C14H21N3OS/c1-16(2)14(18)12-5-4-11(15)10-13(12)17-6-3-8-19-9-7-17/h4-5,10H,3,6-9,15H2,1-2H3. The van der Waals surface area contributed by atoms with E-state index in [0.717, 1.165) is 36.5 Å². The summed E-state index contributed by atoms with van der Waals surface area (Å²) in [6, 6.07) is 5.56. The van der Waals surface area contributed by atoms with Gasteiger partial charge in [-0.05, 0) is 30.4 Å². The predicted octanol–water partition coefficient (Wildman–Crippen LogP) is 1.91. The Morgan fingerprint density at radius 3 is 2.84 bits per heavy atom. The van der Waals surface area contributed by atoms with Gasteiger partial charge in [0.1, 0.15) is 0 Å². The summed E-state index contributed by atoms with van der Waals surface area (Å²) in [7, 11) is 3.56. The summed E-state index contributed by atoms with van der Waals surface area (Å²) in [6.45, 7) is 1.96. The Labute approximate surface area is 118 Å². The number of carbonyl (C=O) groups excluding carboxylic acids is 1. The number of hydrogen-bond acceptors (Lipinski definition) is 4. The lowest BCUT2D eigenvalue weighted by molar-refractivity contribution is 0.0828. The Kier molecular flexibility index (Phi) is 4.58. The van der Waals surface area contributed by atoms with E-state index in [1.807, 2.05) is 23.9 Å². The number of nitrogens with zero attached hydrogens (tertiary/aromatic N) is 2. The Morgan fingerprint density at radius 1 is 1.32 bits per heavy atom. The highest BCUT2D eigenvalue weighted by Gasteiger charge is 2.19. The van der Waals surface area contributed by atoms with E-state index in [2.05, 4.69) is 4.90 Å². The maximum atomic E-state index is 12.3. The van der Waals surface area contributed by atoms with Gasteiger partial charge in [0, 0.05) is 38.6 Å². The van der Waals surface area contributed by atoms with Crippen LogP contribution in [0.2, 0.25) is 0 Å². The zero-order chi connectivity index (χ0) is 13.8. The molecule has 4 nitrogen and oxygen atoms in total. The smallest absolute Gasteiger partial charge is 0.255 e. The molecule has 0 radical (unpaired) electrons. The van der Waals surface area contributed by atoms with Crippen molar-refractivity contribution in [3.05, 3.63) is 23.8 Å². The van der Waals surface area contributed by atoms with E-state index in [-0.39, 0.29) is 5.91 Å². The second-order valence-corrected chi connectivity index (χ2v) is 6.15. The van der Waals surface area contributed by atoms with Crippen LogP contribution in [0.5, 0.6) is 0 Å². The number of nitrogens with two attached hydrogens (primary N) is 1. The SMILES string of the molecule is CN(C)C(=O)c1ccc(N)cc1N1CCCSCC1. The lowest BCUT2D eigenvalue weighted by atomic mass is 10.1. The first-order valence-corrected chi connectivity index (χ1v) is 7.69. The molecule has 5 heteroatoms. The molecule has 1 fully saturated rings.